The van der Waals surface area contributed by atoms with Gasteiger partial charge < -0.3 is 4.74 Å². The number of halogens is 1. The smallest absolute Gasteiger partial charge is 0.123 e. The maximum absolute atomic E-state index is 12.7. The molecule has 0 bridgehead atoms. The van der Waals surface area contributed by atoms with Gasteiger partial charge in [0.1, 0.15) is 5.82 Å². The largest absolute Gasteiger partial charge is 0.377 e. The van der Waals surface area contributed by atoms with Crippen LogP contribution in [-0.2, 0) is 11.2 Å². The van der Waals surface area contributed by atoms with Crippen LogP contribution in [0.4, 0.5) is 4.39 Å². The molecule has 0 saturated carbocycles. The Kier molecular flexibility index (Phi) is 3.88. The van der Waals surface area contributed by atoms with E-state index >= 15 is 0 Å². The highest BCUT2D eigenvalue weighted by molar-refractivity contribution is 5.17. The Labute approximate surface area is 94.8 Å². The van der Waals surface area contributed by atoms with E-state index in [-0.39, 0.29) is 18.0 Å². The lowest BCUT2D eigenvalue weighted by Gasteiger charge is -2.22. The number of hydrogen-bond donors (Lipinski definition) is 2. The number of hydrazine groups is 1. The van der Waals surface area contributed by atoms with Crippen molar-refractivity contribution in [2.75, 3.05) is 6.61 Å². The average molecular weight is 224 g/mol. The number of hydrogen-bond acceptors (Lipinski definition) is 3. The van der Waals surface area contributed by atoms with Gasteiger partial charge in [0.15, 0.2) is 0 Å². The molecule has 1 aliphatic heterocycles. The van der Waals surface area contributed by atoms with Gasteiger partial charge >= 0.3 is 0 Å². The fraction of sp³-hybridized carbons (Fsp3) is 0.500. The number of ether oxygens (including phenoxy) is 1. The van der Waals surface area contributed by atoms with Crippen LogP contribution in [0.2, 0.25) is 0 Å². The Balaban J connectivity index is 1.97. The van der Waals surface area contributed by atoms with E-state index in [4.69, 9.17) is 10.6 Å². The highest BCUT2D eigenvalue weighted by Gasteiger charge is 2.24. The lowest BCUT2D eigenvalue weighted by atomic mass is 10.00. The summed E-state index contributed by atoms with van der Waals surface area (Å²) in [5, 5.41) is 0. The Morgan fingerprint density at radius 3 is 2.75 bits per heavy atom. The molecule has 0 radical (unpaired) electrons. The molecule has 0 spiro atoms. The van der Waals surface area contributed by atoms with Crippen molar-refractivity contribution in [3.63, 3.8) is 0 Å². The van der Waals surface area contributed by atoms with Crippen LogP contribution >= 0.6 is 0 Å². The summed E-state index contributed by atoms with van der Waals surface area (Å²) in [7, 11) is 0. The first-order chi connectivity index (χ1) is 7.79. The molecule has 88 valence electrons. The summed E-state index contributed by atoms with van der Waals surface area (Å²) in [6.07, 6.45) is 3.07. The summed E-state index contributed by atoms with van der Waals surface area (Å²) in [4.78, 5) is 0. The Morgan fingerprint density at radius 1 is 1.44 bits per heavy atom. The van der Waals surface area contributed by atoms with E-state index in [1.54, 1.807) is 12.1 Å². The zero-order valence-electron chi connectivity index (χ0n) is 9.16. The summed E-state index contributed by atoms with van der Waals surface area (Å²) >= 11 is 0. The van der Waals surface area contributed by atoms with Crippen molar-refractivity contribution in [2.45, 2.75) is 31.4 Å². The SMILES string of the molecule is NNC(Cc1ccc(F)cc1)C1CCCO1. The second-order valence-corrected chi connectivity index (χ2v) is 4.16. The van der Waals surface area contributed by atoms with Gasteiger partial charge in [-0.2, -0.15) is 0 Å². The molecular formula is C12H17FN2O. The molecule has 1 aliphatic rings. The fourth-order valence-electron chi connectivity index (χ4n) is 2.09. The van der Waals surface area contributed by atoms with Crippen molar-refractivity contribution < 1.29 is 9.13 Å². The lowest BCUT2D eigenvalue weighted by molar-refractivity contribution is 0.0784. The minimum atomic E-state index is -0.210. The molecule has 4 heteroatoms. The maximum atomic E-state index is 12.7. The van der Waals surface area contributed by atoms with Gasteiger partial charge in [-0.15, -0.1) is 0 Å². The van der Waals surface area contributed by atoms with E-state index in [1.165, 1.54) is 12.1 Å². The summed E-state index contributed by atoms with van der Waals surface area (Å²) in [5.41, 5.74) is 3.86. The van der Waals surface area contributed by atoms with Gasteiger partial charge in [0.2, 0.25) is 0 Å². The Bertz CT molecular complexity index is 322. The van der Waals surface area contributed by atoms with E-state index in [1.807, 2.05) is 0 Å². The molecule has 16 heavy (non-hydrogen) atoms. The van der Waals surface area contributed by atoms with Crippen LogP contribution in [-0.4, -0.2) is 18.8 Å². The van der Waals surface area contributed by atoms with Gasteiger partial charge in [-0.25, -0.2) is 4.39 Å². The van der Waals surface area contributed by atoms with E-state index in [9.17, 15) is 4.39 Å². The second-order valence-electron chi connectivity index (χ2n) is 4.16. The van der Waals surface area contributed by atoms with Crippen molar-refractivity contribution in [1.29, 1.82) is 0 Å². The zero-order valence-corrected chi connectivity index (χ0v) is 9.16. The normalized spacial score (nSPS) is 22.2. The third-order valence-electron chi connectivity index (χ3n) is 3.00. The number of nitrogens with two attached hydrogens (primary N) is 1. The zero-order chi connectivity index (χ0) is 11.4. The molecule has 3 nitrogen and oxygen atoms in total. The monoisotopic (exact) mass is 224 g/mol. The molecule has 3 N–H and O–H groups in total. The van der Waals surface area contributed by atoms with Gasteiger partial charge in [0.25, 0.3) is 0 Å². The van der Waals surface area contributed by atoms with Crippen LogP contribution in [0, 0.1) is 5.82 Å². The minimum absolute atomic E-state index is 0.105. The van der Waals surface area contributed by atoms with E-state index in [2.05, 4.69) is 5.43 Å². The molecule has 1 aromatic rings. The highest BCUT2D eigenvalue weighted by atomic mass is 19.1. The Hall–Kier alpha value is -0.970. The summed E-state index contributed by atoms with van der Waals surface area (Å²) in [6.45, 7) is 0.812. The van der Waals surface area contributed by atoms with Gasteiger partial charge in [-0.05, 0) is 37.0 Å². The summed E-state index contributed by atoms with van der Waals surface area (Å²) < 4.78 is 18.3. The van der Waals surface area contributed by atoms with E-state index in [0.717, 1.165) is 31.4 Å². The summed E-state index contributed by atoms with van der Waals surface area (Å²) in [5.74, 6) is 5.32. The molecule has 2 unspecified atom stereocenters. The van der Waals surface area contributed by atoms with Crippen LogP contribution < -0.4 is 11.3 Å². The van der Waals surface area contributed by atoms with E-state index < -0.39 is 0 Å². The lowest BCUT2D eigenvalue weighted by Crippen LogP contribution is -2.45. The number of nitrogens with one attached hydrogen (secondary N) is 1. The maximum Gasteiger partial charge on any atom is 0.123 e. The molecule has 0 aromatic heterocycles. The molecule has 2 rings (SSSR count). The number of benzene rings is 1. The van der Waals surface area contributed by atoms with Crippen molar-refractivity contribution in [1.82, 2.24) is 5.43 Å². The summed E-state index contributed by atoms with van der Waals surface area (Å²) in [6, 6.07) is 6.62. The molecular weight excluding hydrogens is 207 g/mol. The van der Waals surface area contributed by atoms with Gasteiger partial charge in [0, 0.05) is 6.61 Å². The third kappa shape index (κ3) is 2.78. The van der Waals surface area contributed by atoms with Crippen LogP contribution in [0.15, 0.2) is 24.3 Å². The van der Waals surface area contributed by atoms with Crippen LogP contribution in [0.3, 0.4) is 0 Å². The van der Waals surface area contributed by atoms with Crippen LogP contribution in [0.5, 0.6) is 0 Å². The molecule has 2 atom stereocenters. The van der Waals surface area contributed by atoms with Crippen molar-refractivity contribution in [3.8, 4) is 0 Å². The third-order valence-corrected chi connectivity index (χ3v) is 3.00. The van der Waals surface area contributed by atoms with E-state index in [0.29, 0.717) is 0 Å². The average Bonchev–Trinajstić information content (AvgIpc) is 2.82. The van der Waals surface area contributed by atoms with Crippen LogP contribution in [0.25, 0.3) is 0 Å². The molecule has 0 amide bonds. The van der Waals surface area contributed by atoms with Gasteiger partial charge in [0.05, 0.1) is 12.1 Å². The Morgan fingerprint density at radius 2 is 2.19 bits per heavy atom. The first-order valence-corrected chi connectivity index (χ1v) is 5.62. The molecule has 0 aliphatic carbocycles. The first kappa shape index (κ1) is 11.5. The van der Waals surface area contributed by atoms with Crippen molar-refractivity contribution in [2.24, 2.45) is 5.84 Å². The van der Waals surface area contributed by atoms with Crippen molar-refractivity contribution in [3.05, 3.63) is 35.6 Å². The predicted molar refractivity (Wildman–Crippen MR) is 60.2 cm³/mol. The standard InChI is InChI=1S/C12H17FN2O/c13-10-5-3-9(4-6-10)8-11(15-14)12-2-1-7-16-12/h3-6,11-12,15H,1-2,7-8,14H2. The van der Waals surface area contributed by atoms with Gasteiger partial charge in [-0.1, -0.05) is 12.1 Å². The molecule has 1 fully saturated rings. The molecule has 1 aromatic carbocycles. The fourth-order valence-corrected chi connectivity index (χ4v) is 2.09. The van der Waals surface area contributed by atoms with Gasteiger partial charge in [-0.3, -0.25) is 11.3 Å². The molecule has 1 saturated heterocycles. The quantitative estimate of drug-likeness (QED) is 0.600. The topological polar surface area (TPSA) is 47.3 Å². The van der Waals surface area contributed by atoms with Crippen molar-refractivity contribution >= 4 is 0 Å². The molecule has 1 heterocycles. The second kappa shape index (κ2) is 5.39. The predicted octanol–water partition coefficient (Wildman–Crippen LogP) is 1.38. The first-order valence-electron chi connectivity index (χ1n) is 5.62. The highest BCUT2D eigenvalue weighted by Crippen LogP contribution is 2.18. The number of rotatable bonds is 4. The minimum Gasteiger partial charge on any atom is -0.377 e. The van der Waals surface area contributed by atoms with Crippen LogP contribution in [0.1, 0.15) is 18.4 Å².